The zero-order chi connectivity index (χ0) is 15.2. The lowest BCUT2D eigenvalue weighted by Crippen LogP contribution is -2.72. The summed E-state index contributed by atoms with van der Waals surface area (Å²) in [5.41, 5.74) is 0.368. The Morgan fingerprint density at radius 3 is 2.19 bits per heavy atom. The highest BCUT2D eigenvalue weighted by atomic mass is 16.5. The van der Waals surface area contributed by atoms with Crippen molar-refractivity contribution in [2.75, 3.05) is 0 Å². The van der Waals surface area contributed by atoms with E-state index in [2.05, 4.69) is 10.6 Å². The van der Waals surface area contributed by atoms with Crippen LogP contribution in [-0.4, -0.2) is 23.6 Å². The van der Waals surface area contributed by atoms with Crippen molar-refractivity contribution in [3.05, 3.63) is 29.8 Å². The third kappa shape index (κ3) is 2.48. The fraction of sp³-hybridized carbons (Fsp3) is 0.500. The molecule has 4 rings (SSSR count). The van der Waals surface area contributed by atoms with Gasteiger partial charge in [0, 0.05) is 5.92 Å². The van der Waals surface area contributed by atoms with Crippen LogP contribution in [0.5, 0.6) is 5.75 Å². The second-order valence-corrected chi connectivity index (χ2v) is 6.33. The van der Waals surface area contributed by atoms with Gasteiger partial charge in [0.25, 0.3) is 0 Å². The molecule has 2 bridgehead atoms. The minimum absolute atomic E-state index is 0.0781. The Balaban J connectivity index is 1.86. The quantitative estimate of drug-likeness (QED) is 0.829. The topological polar surface area (TPSA) is 67.4 Å². The summed E-state index contributed by atoms with van der Waals surface area (Å²) in [7, 11) is 0. The Kier molecular flexibility index (Phi) is 3.15. The Bertz CT molecular complexity index is 562. The number of fused-ring (bicyclic) bond motifs is 3. The van der Waals surface area contributed by atoms with Crippen molar-refractivity contribution >= 4 is 11.8 Å². The number of carbonyl (C=O) groups excluding carboxylic acids is 2. The molecule has 3 heterocycles. The highest BCUT2D eigenvalue weighted by molar-refractivity contribution is 6.05. The first-order valence-corrected chi connectivity index (χ1v) is 7.29. The highest BCUT2D eigenvalue weighted by Crippen LogP contribution is 2.40. The normalized spacial score (nSPS) is 31.0. The molecule has 0 unspecified atom stereocenters. The number of carbonyl (C=O) groups is 2. The number of hydrogen-bond donors (Lipinski definition) is 2. The first-order valence-electron chi connectivity index (χ1n) is 7.29. The average molecular weight is 288 g/mol. The SMILES string of the molecule is CC(C)Oc1ccc([C@@H]2CC3(C)NC(=O)C2C(=O)N3)cc1. The number of rotatable bonds is 3. The van der Waals surface area contributed by atoms with Crippen molar-refractivity contribution in [1.29, 1.82) is 0 Å². The lowest BCUT2D eigenvalue weighted by Gasteiger charge is -2.48. The minimum Gasteiger partial charge on any atom is -0.491 e. The summed E-state index contributed by atoms with van der Waals surface area (Å²) in [6.45, 7) is 5.80. The average Bonchev–Trinajstić information content (AvgIpc) is 2.36. The number of benzene rings is 1. The Hall–Kier alpha value is -2.04. The van der Waals surface area contributed by atoms with Crippen LogP contribution in [0.25, 0.3) is 0 Å². The Labute approximate surface area is 124 Å². The van der Waals surface area contributed by atoms with Gasteiger partial charge < -0.3 is 15.4 Å². The maximum absolute atomic E-state index is 12.1. The summed E-state index contributed by atoms with van der Waals surface area (Å²) in [4.78, 5) is 24.1. The zero-order valence-electron chi connectivity index (χ0n) is 12.5. The molecular formula is C16H20N2O3. The van der Waals surface area contributed by atoms with Crippen LogP contribution in [0.2, 0.25) is 0 Å². The van der Waals surface area contributed by atoms with E-state index in [1.165, 1.54) is 0 Å². The Morgan fingerprint density at radius 1 is 1.14 bits per heavy atom. The van der Waals surface area contributed by atoms with E-state index in [9.17, 15) is 9.59 Å². The largest absolute Gasteiger partial charge is 0.491 e. The predicted molar refractivity (Wildman–Crippen MR) is 77.7 cm³/mol. The molecule has 3 saturated heterocycles. The summed E-state index contributed by atoms with van der Waals surface area (Å²) in [5.74, 6) is -0.274. The van der Waals surface area contributed by atoms with Crippen LogP contribution in [-0.2, 0) is 9.59 Å². The van der Waals surface area contributed by atoms with Gasteiger partial charge in [-0.1, -0.05) is 12.1 Å². The number of piperidine rings is 2. The molecule has 0 radical (unpaired) electrons. The third-order valence-electron chi connectivity index (χ3n) is 4.07. The van der Waals surface area contributed by atoms with Crippen LogP contribution in [0.1, 0.15) is 38.7 Å². The van der Waals surface area contributed by atoms with E-state index in [1.807, 2.05) is 45.0 Å². The molecule has 5 nitrogen and oxygen atoms in total. The predicted octanol–water partition coefficient (Wildman–Crippen LogP) is 1.54. The summed E-state index contributed by atoms with van der Waals surface area (Å²) in [6, 6.07) is 7.70. The number of ether oxygens (including phenoxy) is 1. The van der Waals surface area contributed by atoms with Crippen LogP contribution in [0.3, 0.4) is 0 Å². The van der Waals surface area contributed by atoms with E-state index < -0.39 is 11.6 Å². The maximum atomic E-state index is 12.1. The molecule has 5 heteroatoms. The molecule has 3 aliphatic rings. The van der Waals surface area contributed by atoms with Crippen LogP contribution < -0.4 is 15.4 Å². The molecule has 112 valence electrons. The van der Waals surface area contributed by atoms with Crippen LogP contribution in [0.15, 0.2) is 24.3 Å². The van der Waals surface area contributed by atoms with Crippen molar-refractivity contribution in [3.63, 3.8) is 0 Å². The van der Waals surface area contributed by atoms with Crippen LogP contribution in [0.4, 0.5) is 0 Å². The van der Waals surface area contributed by atoms with Gasteiger partial charge in [-0.05, 0) is 44.9 Å². The van der Waals surface area contributed by atoms with Gasteiger partial charge in [-0.25, -0.2) is 0 Å². The van der Waals surface area contributed by atoms with Crippen molar-refractivity contribution in [2.24, 2.45) is 5.92 Å². The molecule has 1 aromatic rings. The van der Waals surface area contributed by atoms with Gasteiger partial charge >= 0.3 is 0 Å². The lowest BCUT2D eigenvalue weighted by atomic mass is 9.72. The van der Waals surface area contributed by atoms with E-state index >= 15 is 0 Å². The molecule has 3 fully saturated rings. The van der Waals surface area contributed by atoms with Crippen molar-refractivity contribution in [2.45, 2.75) is 44.9 Å². The molecule has 3 aliphatic heterocycles. The smallest absolute Gasteiger partial charge is 0.235 e. The first-order chi connectivity index (χ1) is 9.88. The fourth-order valence-electron chi connectivity index (χ4n) is 3.25. The molecule has 0 saturated carbocycles. The van der Waals surface area contributed by atoms with Crippen molar-refractivity contribution in [3.8, 4) is 5.75 Å². The van der Waals surface area contributed by atoms with Gasteiger partial charge in [0.15, 0.2) is 0 Å². The van der Waals surface area contributed by atoms with Gasteiger partial charge in [-0.15, -0.1) is 0 Å². The summed E-state index contributed by atoms with van der Waals surface area (Å²) >= 11 is 0. The lowest BCUT2D eigenvalue weighted by molar-refractivity contribution is -0.149. The third-order valence-corrected chi connectivity index (χ3v) is 4.07. The van der Waals surface area contributed by atoms with Crippen molar-refractivity contribution < 1.29 is 14.3 Å². The standard InChI is InChI=1S/C16H20N2O3/c1-9(2)21-11-6-4-10(5-7-11)12-8-16(3)17-14(19)13(12)15(20)18-16/h4-7,9,12-13H,8H2,1-3H3,(H,17,19)(H,18,20)/t12-,13?,16?/m0/s1. The van der Waals surface area contributed by atoms with Crippen molar-refractivity contribution in [1.82, 2.24) is 10.6 Å². The molecule has 1 atom stereocenters. The summed E-state index contributed by atoms with van der Waals surface area (Å²) < 4.78 is 5.62. The number of hydrogen-bond acceptors (Lipinski definition) is 3. The van der Waals surface area contributed by atoms with E-state index in [0.29, 0.717) is 6.42 Å². The van der Waals surface area contributed by atoms with E-state index in [-0.39, 0.29) is 23.8 Å². The molecule has 2 amide bonds. The first kappa shape index (κ1) is 13.9. The minimum atomic E-state index is -0.638. The van der Waals surface area contributed by atoms with Crippen LogP contribution in [0, 0.1) is 5.92 Å². The van der Waals surface area contributed by atoms with Gasteiger partial charge in [0.2, 0.25) is 11.8 Å². The second kappa shape index (κ2) is 4.76. The molecule has 0 spiro atoms. The van der Waals surface area contributed by atoms with E-state index in [1.54, 1.807) is 0 Å². The summed E-state index contributed by atoms with van der Waals surface area (Å²) in [5, 5.41) is 5.73. The van der Waals surface area contributed by atoms with E-state index in [0.717, 1.165) is 11.3 Å². The molecule has 0 aromatic heterocycles. The van der Waals surface area contributed by atoms with Gasteiger partial charge in [-0.3, -0.25) is 9.59 Å². The second-order valence-electron chi connectivity index (χ2n) is 6.33. The molecule has 1 aromatic carbocycles. The fourth-order valence-corrected chi connectivity index (χ4v) is 3.25. The Morgan fingerprint density at radius 2 is 1.71 bits per heavy atom. The molecule has 2 N–H and O–H groups in total. The van der Waals surface area contributed by atoms with Crippen LogP contribution >= 0.6 is 0 Å². The molecule has 0 aliphatic carbocycles. The summed E-state index contributed by atoms with van der Waals surface area (Å²) in [6.07, 6.45) is 0.830. The number of amides is 2. The van der Waals surface area contributed by atoms with Gasteiger partial charge in [0.05, 0.1) is 6.10 Å². The highest BCUT2D eigenvalue weighted by Gasteiger charge is 2.52. The maximum Gasteiger partial charge on any atom is 0.235 e. The monoisotopic (exact) mass is 288 g/mol. The van der Waals surface area contributed by atoms with Gasteiger partial charge in [0.1, 0.15) is 17.3 Å². The molecule has 21 heavy (non-hydrogen) atoms. The zero-order valence-corrected chi connectivity index (χ0v) is 12.5. The molecular weight excluding hydrogens is 268 g/mol. The van der Waals surface area contributed by atoms with E-state index in [4.69, 9.17) is 4.74 Å². The number of nitrogens with one attached hydrogen (secondary N) is 2. The van der Waals surface area contributed by atoms with Gasteiger partial charge in [-0.2, -0.15) is 0 Å².